The monoisotopic (exact) mass is 557 g/mol. The molecule has 2 amide bonds. The van der Waals surface area contributed by atoms with Crippen LogP contribution in [-0.4, -0.2) is 46.1 Å². The molecule has 3 aromatic rings. The van der Waals surface area contributed by atoms with E-state index in [1.807, 2.05) is 30.3 Å². The summed E-state index contributed by atoms with van der Waals surface area (Å²) in [5.74, 6) is -0.188. The van der Waals surface area contributed by atoms with E-state index < -0.39 is 30.3 Å². The highest BCUT2D eigenvalue weighted by atomic mass is 19.4. The van der Waals surface area contributed by atoms with Crippen molar-refractivity contribution < 1.29 is 32.2 Å². The van der Waals surface area contributed by atoms with E-state index in [4.69, 9.17) is 9.47 Å². The van der Waals surface area contributed by atoms with E-state index in [1.54, 1.807) is 0 Å². The lowest BCUT2D eigenvalue weighted by molar-refractivity contribution is -0.159. The molecule has 2 fully saturated rings. The SMILES string of the molecule is COc1ncccc1C(n1cc(NC(=O)C(NC(=O)OCc2ccccc2)C(C2CC2)C2CC2)cn1)C(F)(F)F. The zero-order chi connectivity index (χ0) is 28.3. The Labute approximate surface area is 229 Å². The first-order valence-electron chi connectivity index (χ1n) is 13.1. The van der Waals surface area contributed by atoms with Gasteiger partial charge in [0.25, 0.3) is 0 Å². The van der Waals surface area contributed by atoms with Gasteiger partial charge >= 0.3 is 12.3 Å². The molecule has 2 aliphatic carbocycles. The van der Waals surface area contributed by atoms with Crippen LogP contribution in [0.25, 0.3) is 0 Å². The van der Waals surface area contributed by atoms with Gasteiger partial charge in [0.1, 0.15) is 12.6 Å². The highest BCUT2D eigenvalue weighted by Crippen LogP contribution is 2.51. The lowest BCUT2D eigenvalue weighted by atomic mass is 9.89. The van der Waals surface area contributed by atoms with Gasteiger partial charge in [-0.05, 0) is 61.1 Å². The van der Waals surface area contributed by atoms with Gasteiger partial charge in [0.05, 0.1) is 19.0 Å². The topological polar surface area (TPSA) is 107 Å². The minimum atomic E-state index is -4.72. The largest absolute Gasteiger partial charge is 0.481 e. The van der Waals surface area contributed by atoms with Crippen molar-refractivity contribution in [1.82, 2.24) is 20.1 Å². The van der Waals surface area contributed by atoms with Crippen LogP contribution in [-0.2, 0) is 16.1 Å². The Morgan fingerprint density at radius 1 is 1.07 bits per heavy atom. The van der Waals surface area contributed by atoms with Crippen molar-refractivity contribution in [3.8, 4) is 5.88 Å². The van der Waals surface area contributed by atoms with E-state index in [1.165, 1.54) is 25.4 Å². The quantitative estimate of drug-likeness (QED) is 0.340. The Hall–Kier alpha value is -4.09. The number of ether oxygens (including phenoxy) is 2. The molecule has 9 nitrogen and oxygen atoms in total. The fourth-order valence-electron chi connectivity index (χ4n) is 5.13. The average Bonchev–Trinajstić information content (AvgIpc) is 3.88. The first-order valence-corrected chi connectivity index (χ1v) is 13.1. The van der Waals surface area contributed by atoms with Gasteiger partial charge in [-0.3, -0.25) is 9.48 Å². The number of alkyl carbamates (subject to hydrolysis) is 1. The number of pyridine rings is 1. The van der Waals surface area contributed by atoms with Crippen LogP contribution in [0.3, 0.4) is 0 Å². The maximum Gasteiger partial charge on any atom is 0.415 e. The number of hydrogen-bond acceptors (Lipinski definition) is 6. The van der Waals surface area contributed by atoms with Crippen LogP contribution in [0.4, 0.5) is 23.7 Å². The molecule has 0 aliphatic heterocycles. The van der Waals surface area contributed by atoms with E-state index in [-0.39, 0.29) is 29.7 Å². The summed E-state index contributed by atoms with van der Waals surface area (Å²) in [6.45, 7) is 0.0436. The molecule has 0 bridgehead atoms. The molecule has 40 heavy (non-hydrogen) atoms. The zero-order valence-electron chi connectivity index (χ0n) is 21.8. The number of alkyl halides is 3. The lowest BCUT2D eigenvalue weighted by Crippen LogP contribution is -2.50. The molecule has 2 aliphatic rings. The van der Waals surface area contributed by atoms with E-state index in [0.717, 1.165) is 43.6 Å². The fourth-order valence-corrected chi connectivity index (χ4v) is 5.13. The smallest absolute Gasteiger partial charge is 0.415 e. The number of halogens is 3. The van der Waals surface area contributed by atoms with Crippen LogP contribution >= 0.6 is 0 Å². The third-order valence-corrected chi connectivity index (χ3v) is 7.22. The first kappa shape index (κ1) is 27.5. The predicted octanol–water partition coefficient (Wildman–Crippen LogP) is 5.11. The van der Waals surface area contributed by atoms with Crippen LogP contribution in [0.1, 0.15) is 42.9 Å². The number of anilines is 1. The maximum absolute atomic E-state index is 14.2. The summed E-state index contributed by atoms with van der Waals surface area (Å²) in [6.07, 6.45) is 1.98. The second kappa shape index (κ2) is 11.6. The van der Waals surface area contributed by atoms with Crippen LogP contribution in [0.5, 0.6) is 5.88 Å². The van der Waals surface area contributed by atoms with Crippen molar-refractivity contribution in [3.05, 3.63) is 72.2 Å². The number of benzene rings is 1. The average molecular weight is 558 g/mol. The van der Waals surface area contributed by atoms with E-state index in [0.29, 0.717) is 16.5 Å². The molecule has 1 aromatic carbocycles. The standard InChI is InChI=1S/C28H30F3N5O4/c1-39-26-21(8-5-13-32-26)24(28(29,30)31)36-15-20(14-33-36)34-25(37)23(22(18-9-10-18)19-11-12-19)35-27(38)40-16-17-6-3-2-4-7-17/h2-8,13-15,18-19,22-24H,9-12,16H2,1H3,(H,34,37)(H,35,38). The maximum atomic E-state index is 14.2. The third-order valence-electron chi connectivity index (χ3n) is 7.22. The predicted molar refractivity (Wildman–Crippen MR) is 138 cm³/mol. The van der Waals surface area contributed by atoms with Gasteiger partial charge in [-0.25, -0.2) is 9.78 Å². The minimum Gasteiger partial charge on any atom is -0.481 e. The molecule has 0 radical (unpaired) electrons. The Morgan fingerprint density at radius 3 is 2.40 bits per heavy atom. The zero-order valence-corrected chi connectivity index (χ0v) is 21.8. The van der Waals surface area contributed by atoms with Crippen LogP contribution in [0, 0.1) is 17.8 Å². The highest BCUT2D eigenvalue weighted by molar-refractivity contribution is 5.96. The molecular weight excluding hydrogens is 527 g/mol. The van der Waals surface area contributed by atoms with Crippen molar-refractivity contribution in [2.45, 2.75) is 50.6 Å². The second-order valence-electron chi connectivity index (χ2n) is 10.2. The lowest BCUT2D eigenvalue weighted by Gasteiger charge is -2.27. The van der Waals surface area contributed by atoms with Crippen molar-refractivity contribution in [3.63, 3.8) is 0 Å². The number of hydrogen-bond donors (Lipinski definition) is 2. The summed E-state index contributed by atoms with van der Waals surface area (Å²) >= 11 is 0. The number of amides is 2. The Bertz CT molecular complexity index is 1310. The van der Waals surface area contributed by atoms with E-state index in [2.05, 4.69) is 20.7 Å². The summed E-state index contributed by atoms with van der Waals surface area (Å²) < 4.78 is 53.6. The molecule has 2 atom stereocenters. The van der Waals surface area contributed by atoms with Crippen LogP contribution in [0.15, 0.2) is 61.1 Å². The van der Waals surface area contributed by atoms with Gasteiger partial charge in [-0.1, -0.05) is 30.3 Å². The number of carbonyl (C=O) groups is 2. The third kappa shape index (κ3) is 6.54. The number of carbonyl (C=O) groups excluding carboxylic acids is 2. The fraction of sp³-hybridized carbons (Fsp3) is 0.429. The molecular formula is C28H30F3N5O4. The van der Waals surface area contributed by atoms with Crippen molar-refractivity contribution in [1.29, 1.82) is 0 Å². The van der Waals surface area contributed by atoms with Crippen molar-refractivity contribution in [2.24, 2.45) is 17.8 Å². The van der Waals surface area contributed by atoms with E-state index in [9.17, 15) is 22.8 Å². The van der Waals surface area contributed by atoms with E-state index >= 15 is 0 Å². The van der Waals surface area contributed by atoms with Gasteiger partial charge in [0, 0.05) is 18.0 Å². The summed E-state index contributed by atoms with van der Waals surface area (Å²) in [6, 6.07) is 8.72. The molecule has 0 saturated heterocycles. The molecule has 2 saturated carbocycles. The minimum absolute atomic E-state index is 0.0436. The van der Waals surface area contributed by atoms with Gasteiger partial charge < -0.3 is 20.1 Å². The molecule has 2 aromatic heterocycles. The molecule has 5 rings (SSSR count). The molecule has 0 spiro atoms. The highest BCUT2D eigenvalue weighted by Gasteiger charge is 2.49. The number of nitrogens with one attached hydrogen (secondary N) is 2. The first-order chi connectivity index (χ1) is 19.2. The Kier molecular flexibility index (Phi) is 7.95. The number of nitrogens with zero attached hydrogens (tertiary/aromatic N) is 3. The van der Waals surface area contributed by atoms with Gasteiger partial charge in [0.15, 0.2) is 6.04 Å². The van der Waals surface area contributed by atoms with Gasteiger partial charge in [-0.2, -0.15) is 18.3 Å². The number of methoxy groups -OCH3 is 1. The molecule has 12 heteroatoms. The molecule has 212 valence electrons. The van der Waals surface area contributed by atoms with Crippen LogP contribution in [0.2, 0.25) is 0 Å². The summed E-state index contributed by atoms with van der Waals surface area (Å²) in [5, 5.41) is 9.30. The summed E-state index contributed by atoms with van der Waals surface area (Å²) in [7, 11) is 1.24. The number of aromatic nitrogens is 3. The molecule has 2 N–H and O–H groups in total. The van der Waals surface area contributed by atoms with Crippen molar-refractivity contribution in [2.75, 3.05) is 12.4 Å². The number of rotatable bonds is 11. The van der Waals surface area contributed by atoms with Crippen LogP contribution < -0.4 is 15.4 Å². The molecule has 2 heterocycles. The van der Waals surface area contributed by atoms with Gasteiger partial charge in [0.2, 0.25) is 11.8 Å². The Morgan fingerprint density at radius 2 is 1.77 bits per heavy atom. The summed E-state index contributed by atoms with van der Waals surface area (Å²) in [4.78, 5) is 30.1. The summed E-state index contributed by atoms with van der Waals surface area (Å²) in [5.41, 5.74) is 0.648. The van der Waals surface area contributed by atoms with Gasteiger partial charge in [-0.15, -0.1) is 0 Å². The normalized spacial score (nSPS) is 16.7. The second-order valence-corrected chi connectivity index (χ2v) is 10.2. The Balaban J connectivity index is 1.33. The molecule has 2 unspecified atom stereocenters. The van der Waals surface area contributed by atoms with Crippen molar-refractivity contribution >= 4 is 17.7 Å².